The Hall–Kier alpha value is -4.57. The van der Waals surface area contributed by atoms with Crippen LogP contribution in [-0.4, -0.2) is 80.3 Å². The van der Waals surface area contributed by atoms with Crippen molar-refractivity contribution in [3.05, 3.63) is 95.6 Å². The highest BCUT2D eigenvalue weighted by atomic mass is 19.3. The molecular formula is C34H36F2N4O4. The minimum atomic E-state index is -3.39. The van der Waals surface area contributed by atoms with Crippen molar-refractivity contribution in [3.63, 3.8) is 0 Å². The molecule has 2 aliphatic rings. The Morgan fingerprint density at radius 2 is 1.61 bits per heavy atom. The topological polar surface area (TPSA) is 82.2 Å². The van der Waals surface area contributed by atoms with E-state index in [4.69, 9.17) is 4.74 Å². The third kappa shape index (κ3) is 6.35. The third-order valence-corrected chi connectivity index (χ3v) is 8.28. The summed E-state index contributed by atoms with van der Waals surface area (Å²) < 4.78 is 37.2. The minimum absolute atomic E-state index is 0.0405. The molecule has 230 valence electrons. The Bertz CT molecular complexity index is 1570. The number of benzene rings is 3. The number of hydrogen-bond donors (Lipinski definition) is 1. The van der Waals surface area contributed by atoms with Crippen molar-refractivity contribution in [1.29, 1.82) is 0 Å². The van der Waals surface area contributed by atoms with E-state index in [1.807, 2.05) is 20.2 Å². The summed E-state index contributed by atoms with van der Waals surface area (Å²) >= 11 is 0. The summed E-state index contributed by atoms with van der Waals surface area (Å²) in [4.78, 5) is 45.9. The number of alkyl halides is 2. The number of para-hydroxylation sites is 2. The van der Waals surface area contributed by atoms with Crippen LogP contribution >= 0.6 is 0 Å². The first-order valence-corrected chi connectivity index (χ1v) is 14.6. The fourth-order valence-electron chi connectivity index (χ4n) is 5.82. The summed E-state index contributed by atoms with van der Waals surface area (Å²) in [5.74, 6) is -4.94. The van der Waals surface area contributed by atoms with Crippen molar-refractivity contribution in [2.24, 2.45) is 0 Å². The molecule has 0 radical (unpaired) electrons. The Morgan fingerprint density at radius 1 is 0.932 bits per heavy atom. The number of nitrogens with zero attached hydrogens (tertiary/aromatic N) is 3. The standard InChI is InChI=1S/C34H36F2N4O4/c1-38(2)24-16-19-39(20-17-24)30(41)22-27-25-12-7-8-14-28(25)40(21-18-34(27,35)36)33(43)31-26(13-9-15-29(31)44-3)32(42)37-23-10-5-4-6-11-23/h4-15,22,24H,16-21H2,1-3H3,(H,37,42). The Balaban J connectivity index is 1.51. The number of likely N-dealkylation sites (tertiary alicyclic amines) is 1. The molecule has 0 aliphatic carbocycles. The van der Waals surface area contributed by atoms with Crippen LogP contribution in [0.2, 0.25) is 0 Å². The molecule has 3 aromatic rings. The summed E-state index contributed by atoms with van der Waals surface area (Å²) in [6, 6.07) is 20.1. The zero-order chi connectivity index (χ0) is 31.4. The van der Waals surface area contributed by atoms with E-state index < -0.39 is 35.6 Å². The lowest BCUT2D eigenvalue weighted by Gasteiger charge is -2.35. The first-order valence-electron chi connectivity index (χ1n) is 14.6. The largest absolute Gasteiger partial charge is 0.496 e. The maximum absolute atomic E-state index is 15.9. The number of nitrogens with one attached hydrogen (secondary N) is 1. The van der Waals surface area contributed by atoms with E-state index in [-0.39, 0.29) is 34.7 Å². The van der Waals surface area contributed by atoms with Crippen LogP contribution in [0.25, 0.3) is 5.57 Å². The average molecular weight is 603 g/mol. The van der Waals surface area contributed by atoms with Crippen molar-refractivity contribution in [3.8, 4) is 5.75 Å². The molecule has 8 nitrogen and oxygen atoms in total. The van der Waals surface area contributed by atoms with Gasteiger partial charge in [-0.1, -0.05) is 42.5 Å². The molecular weight excluding hydrogens is 566 g/mol. The number of rotatable bonds is 6. The predicted molar refractivity (Wildman–Crippen MR) is 166 cm³/mol. The molecule has 3 amide bonds. The second kappa shape index (κ2) is 13.0. The average Bonchev–Trinajstić information content (AvgIpc) is 3.14. The van der Waals surface area contributed by atoms with Crippen LogP contribution in [0.4, 0.5) is 20.2 Å². The van der Waals surface area contributed by atoms with E-state index in [0.717, 1.165) is 18.9 Å². The number of halogens is 2. The quantitative estimate of drug-likeness (QED) is 0.373. The highest BCUT2D eigenvalue weighted by Crippen LogP contribution is 2.44. The van der Waals surface area contributed by atoms with Crippen molar-refractivity contribution in [2.45, 2.75) is 31.2 Å². The normalized spacial score (nSPS) is 17.6. The van der Waals surface area contributed by atoms with Crippen LogP contribution in [0.15, 0.2) is 78.9 Å². The second-order valence-electron chi connectivity index (χ2n) is 11.2. The van der Waals surface area contributed by atoms with Gasteiger partial charge in [0.05, 0.1) is 23.9 Å². The van der Waals surface area contributed by atoms with Crippen LogP contribution in [0, 0.1) is 0 Å². The second-order valence-corrected chi connectivity index (χ2v) is 11.2. The van der Waals surface area contributed by atoms with Gasteiger partial charge in [-0.05, 0) is 57.3 Å². The molecule has 3 aromatic carbocycles. The van der Waals surface area contributed by atoms with Gasteiger partial charge in [-0.2, -0.15) is 0 Å². The highest BCUT2D eigenvalue weighted by Gasteiger charge is 2.42. The van der Waals surface area contributed by atoms with Gasteiger partial charge in [0.15, 0.2) is 0 Å². The fourth-order valence-corrected chi connectivity index (χ4v) is 5.82. The zero-order valence-corrected chi connectivity index (χ0v) is 25.1. The van der Waals surface area contributed by atoms with E-state index in [1.54, 1.807) is 59.5 Å². The van der Waals surface area contributed by atoms with Gasteiger partial charge in [0, 0.05) is 55.0 Å². The third-order valence-electron chi connectivity index (χ3n) is 8.28. The van der Waals surface area contributed by atoms with Gasteiger partial charge in [0.1, 0.15) is 5.75 Å². The molecule has 0 atom stereocenters. The van der Waals surface area contributed by atoms with E-state index in [0.29, 0.717) is 24.8 Å². The lowest BCUT2D eigenvalue weighted by Crippen LogP contribution is -2.44. The number of allylic oxidation sites excluding steroid dienone is 1. The zero-order valence-electron chi connectivity index (χ0n) is 25.1. The fraction of sp³-hybridized carbons (Fsp3) is 0.324. The summed E-state index contributed by atoms with van der Waals surface area (Å²) in [7, 11) is 5.36. The number of anilines is 2. The molecule has 1 saturated heterocycles. The molecule has 0 aromatic heterocycles. The van der Waals surface area contributed by atoms with Crippen LogP contribution in [0.1, 0.15) is 45.5 Å². The molecule has 0 unspecified atom stereocenters. The minimum Gasteiger partial charge on any atom is -0.496 e. The number of methoxy groups -OCH3 is 1. The molecule has 5 rings (SSSR count). The van der Waals surface area contributed by atoms with Crippen molar-refractivity contribution >= 4 is 34.7 Å². The monoisotopic (exact) mass is 602 g/mol. The Kier molecular flexibility index (Phi) is 9.10. The summed E-state index contributed by atoms with van der Waals surface area (Å²) in [5.41, 5.74) is 0.409. The molecule has 2 aliphatic heterocycles. The molecule has 10 heteroatoms. The summed E-state index contributed by atoms with van der Waals surface area (Å²) in [5, 5.41) is 2.78. The van der Waals surface area contributed by atoms with Crippen LogP contribution in [0.5, 0.6) is 5.75 Å². The molecule has 1 fully saturated rings. The Morgan fingerprint density at radius 3 is 2.30 bits per heavy atom. The number of fused-ring (bicyclic) bond motifs is 1. The summed E-state index contributed by atoms with van der Waals surface area (Å²) in [6.45, 7) is 0.607. The van der Waals surface area contributed by atoms with Crippen molar-refractivity contribution in [1.82, 2.24) is 9.80 Å². The van der Waals surface area contributed by atoms with Gasteiger partial charge in [-0.25, -0.2) is 8.78 Å². The number of hydrogen-bond acceptors (Lipinski definition) is 5. The van der Waals surface area contributed by atoms with E-state index >= 15 is 8.78 Å². The smallest absolute Gasteiger partial charge is 0.275 e. The van der Waals surface area contributed by atoms with E-state index in [1.165, 1.54) is 24.1 Å². The number of piperidine rings is 1. The maximum atomic E-state index is 15.9. The Labute approximate surface area is 255 Å². The molecule has 0 spiro atoms. The van der Waals surface area contributed by atoms with Crippen molar-refractivity contribution < 1.29 is 27.9 Å². The van der Waals surface area contributed by atoms with Gasteiger partial charge in [0.2, 0.25) is 5.91 Å². The van der Waals surface area contributed by atoms with Gasteiger partial charge in [-0.3, -0.25) is 14.4 Å². The molecule has 44 heavy (non-hydrogen) atoms. The van der Waals surface area contributed by atoms with E-state index in [2.05, 4.69) is 10.2 Å². The first kappa shape index (κ1) is 30.9. The van der Waals surface area contributed by atoms with Crippen molar-refractivity contribution in [2.75, 3.05) is 51.1 Å². The molecule has 0 bridgehead atoms. The number of carbonyl (C=O) groups is 3. The summed E-state index contributed by atoms with van der Waals surface area (Å²) in [6.07, 6.45) is 1.84. The van der Waals surface area contributed by atoms with E-state index in [9.17, 15) is 14.4 Å². The number of amides is 3. The molecule has 1 N–H and O–H groups in total. The van der Waals surface area contributed by atoms with Gasteiger partial charge in [-0.15, -0.1) is 0 Å². The molecule has 0 saturated carbocycles. The number of carbonyl (C=O) groups excluding carboxylic acids is 3. The first-order chi connectivity index (χ1) is 21.1. The predicted octanol–water partition coefficient (Wildman–Crippen LogP) is 5.57. The lowest BCUT2D eigenvalue weighted by atomic mass is 9.96. The number of ether oxygens (including phenoxy) is 1. The van der Waals surface area contributed by atoms with Crippen LogP contribution in [0.3, 0.4) is 0 Å². The molecule has 2 heterocycles. The van der Waals surface area contributed by atoms with Gasteiger partial charge >= 0.3 is 0 Å². The highest BCUT2D eigenvalue weighted by molar-refractivity contribution is 6.18. The maximum Gasteiger partial charge on any atom is 0.275 e. The van der Waals surface area contributed by atoms with Crippen LogP contribution < -0.4 is 15.0 Å². The lowest BCUT2D eigenvalue weighted by molar-refractivity contribution is -0.127. The van der Waals surface area contributed by atoms with Gasteiger partial charge in [0.25, 0.3) is 17.7 Å². The van der Waals surface area contributed by atoms with Crippen LogP contribution in [-0.2, 0) is 4.79 Å². The van der Waals surface area contributed by atoms with Gasteiger partial charge < -0.3 is 24.8 Å². The SMILES string of the molecule is COc1cccc(C(=O)Nc2ccccc2)c1C(=O)N1CCC(F)(F)C(=CC(=O)N2CCC(N(C)C)CC2)c2ccccc21.